The summed E-state index contributed by atoms with van der Waals surface area (Å²) in [5.74, 6) is 1.85. The molecule has 0 radical (unpaired) electrons. The van der Waals surface area contributed by atoms with Crippen molar-refractivity contribution in [2.45, 2.75) is 59.0 Å². The predicted octanol–water partition coefficient (Wildman–Crippen LogP) is 2.25. The molecule has 0 aromatic carbocycles. The van der Waals surface area contributed by atoms with Gasteiger partial charge in [0, 0.05) is 19.0 Å². The quantitative estimate of drug-likeness (QED) is 0.871. The van der Waals surface area contributed by atoms with Gasteiger partial charge in [-0.2, -0.15) is 5.10 Å². The molecule has 4 nitrogen and oxygen atoms in total. The van der Waals surface area contributed by atoms with Crippen molar-refractivity contribution in [2.24, 2.45) is 11.3 Å². The molecule has 102 valence electrons. The Morgan fingerprint density at radius 3 is 2.89 bits per heavy atom. The molecular formula is C14H26N4. The number of nitrogens with zero attached hydrogens (tertiary/aromatic N) is 3. The Kier molecular flexibility index (Phi) is 4.05. The number of nitrogens with one attached hydrogen (secondary N) is 1. The van der Waals surface area contributed by atoms with Crippen LogP contribution >= 0.6 is 0 Å². The maximum Gasteiger partial charge on any atom is 0.138 e. The van der Waals surface area contributed by atoms with Crippen LogP contribution in [0.2, 0.25) is 0 Å². The van der Waals surface area contributed by atoms with Crippen molar-refractivity contribution in [1.29, 1.82) is 0 Å². The van der Waals surface area contributed by atoms with Gasteiger partial charge in [-0.1, -0.05) is 20.3 Å². The van der Waals surface area contributed by atoms with E-state index in [-0.39, 0.29) is 0 Å². The van der Waals surface area contributed by atoms with Crippen molar-refractivity contribution in [3.05, 3.63) is 12.2 Å². The van der Waals surface area contributed by atoms with Gasteiger partial charge in [0.2, 0.25) is 0 Å². The van der Waals surface area contributed by atoms with Crippen LogP contribution in [0.5, 0.6) is 0 Å². The van der Waals surface area contributed by atoms with Crippen molar-refractivity contribution < 1.29 is 0 Å². The zero-order valence-electron chi connectivity index (χ0n) is 12.1. The molecule has 0 spiro atoms. The van der Waals surface area contributed by atoms with Gasteiger partial charge >= 0.3 is 0 Å². The monoisotopic (exact) mass is 250 g/mol. The molecule has 0 bridgehead atoms. The van der Waals surface area contributed by atoms with Crippen LogP contribution < -0.4 is 5.32 Å². The topological polar surface area (TPSA) is 42.7 Å². The van der Waals surface area contributed by atoms with E-state index in [0.717, 1.165) is 24.7 Å². The number of hydrogen-bond donors (Lipinski definition) is 1. The van der Waals surface area contributed by atoms with Crippen molar-refractivity contribution >= 4 is 0 Å². The highest BCUT2D eigenvalue weighted by molar-refractivity contribution is 4.98. The first-order valence-electron chi connectivity index (χ1n) is 7.12. The van der Waals surface area contributed by atoms with E-state index in [2.05, 4.69) is 43.2 Å². The summed E-state index contributed by atoms with van der Waals surface area (Å²) in [5.41, 5.74) is 0.449. The Balaban J connectivity index is 2.10. The highest BCUT2D eigenvalue weighted by Crippen LogP contribution is 2.44. The molecule has 1 saturated carbocycles. The summed E-state index contributed by atoms with van der Waals surface area (Å²) in [6.07, 6.45) is 6.69. The SMILES string of the molecule is CCn1ncnc1CC(NC)C1CCCC1(C)C. The van der Waals surface area contributed by atoms with E-state index in [9.17, 15) is 0 Å². The van der Waals surface area contributed by atoms with Gasteiger partial charge in [0.15, 0.2) is 0 Å². The first kappa shape index (κ1) is 13.5. The summed E-state index contributed by atoms with van der Waals surface area (Å²) < 4.78 is 2.01. The second kappa shape index (κ2) is 5.39. The van der Waals surface area contributed by atoms with Gasteiger partial charge in [-0.25, -0.2) is 4.98 Å². The molecule has 1 aromatic rings. The number of aromatic nitrogens is 3. The Hall–Kier alpha value is -0.900. The zero-order chi connectivity index (χ0) is 13.2. The zero-order valence-corrected chi connectivity index (χ0v) is 12.1. The van der Waals surface area contributed by atoms with Crippen LogP contribution in [-0.2, 0) is 13.0 Å². The van der Waals surface area contributed by atoms with Crippen molar-refractivity contribution in [3.63, 3.8) is 0 Å². The van der Waals surface area contributed by atoms with Crippen molar-refractivity contribution in [3.8, 4) is 0 Å². The lowest BCUT2D eigenvalue weighted by Crippen LogP contribution is -2.41. The fourth-order valence-corrected chi connectivity index (χ4v) is 3.45. The summed E-state index contributed by atoms with van der Waals surface area (Å²) in [6.45, 7) is 7.82. The fourth-order valence-electron chi connectivity index (χ4n) is 3.45. The van der Waals surface area contributed by atoms with E-state index in [1.807, 2.05) is 4.68 Å². The number of likely N-dealkylation sites (N-methyl/N-ethyl adjacent to an activating group) is 1. The Morgan fingerprint density at radius 1 is 1.56 bits per heavy atom. The van der Waals surface area contributed by atoms with E-state index in [1.165, 1.54) is 19.3 Å². The number of aryl methyl sites for hydroxylation is 1. The third-order valence-corrected chi connectivity index (χ3v) is 4.59. The predicted molar refractivity (Wildman–Crippen MR) is 73.4 cm³/mol. The fraction of sp³-hybridized carbons (Fsp3) is 0.857. The molecule has 0 saturated heterocycles. The molecular weight excluding hydrogens is 224 g/mol. The molecule has 2 rings (SSSR count). The lowest BCUT2D eigenvalue weighted by Gasteiger charge is -2.34. The van der Waals surface area contributed by atoms with Crippen molar-refractivity contribution in [2.75, 3.05) is 7.05 Å². The number of hydrogen-bond acceptors (Lipinski definition) is 3. The van der Waals surface area contributed by atoms with Crippen LogP contribution in [0.1, 0.15) is 45.9 Å². The minimum Gasteiger partial charge on any atom is -0.316 e. The highest BCUT2D eigenvalue weighted by Gasteiger charge is 2.39. The molecule has 0 amide bonds. The normalized spacial score (nSPS) is 24.3. The van der Waals surface area contributed by atoms with Gasteiger partial charge in [0.05, 0.1) is 0 Å². The molecule has 2 unspecified atom stereocenters. The molecule has 1 N–H and O–H groups in total. The summed E-state index contributed by atoms with van der Waals surface area (Å²) >= 11 is 0. The first-order valence-corrected chi connectivity index (χ1v) is 7.12. The maximum atomic E-state index is 4.41. The highest BCUT2D eigenvalue weighted by atomic mass is 15.3. The van der Waals surface area contributed by atoms with E-state index < -0.39 is 0 Å². The lowest BCUT2D eigenvalue weighted by atomic mass is 9.76. The first-order chi connectivity index (χ1) is 8.58. The molecule has 2 atom stereocenters. The van der Waals surface area contributed by atoms with E-state index in [4.69, 9.17) is 0 Å². The second-order valence-corrected chi connectivity index (χ2v) is 6.08. The maximum absolute atomic E-state index is 4.41. The minimum atomic E-state index is 0.449. The molecule has 1 aliphatic carbocycles. The van der Waals surface area contributed by atoms with E-state index >= 15 is 0 Å². The van der Waals surface area contributed by atoms with Gasteiger partial charge in [-0.3, -0.25) is 4.68 Å². The van der Waals surface area contributed by atoms with Crippen LogP contribution in [0.3, 0.4) is 0 Å². The summed E-state index contributed by atoms with van der Waals surface area (Å²) in [5, 5.41) is 7.77. The Morgan fingerprint density at radius 2 is 2.33 bits per heavy atom. The molecule has 1 aliphatic rings. The number of rotatable bonds is 5. The third-order valence-electron chi connectivity index (χ3n) is 4.59. The summed E-state index contributed by atoms with van der Waals surface area (Å²) in [7, 11) is 2.08. The smallest absolute Gasteiger partial charge is 0.138 e. The lowest BCUT2D eigenvalue weighted by molar-refractivity contribution is 0.199. The summed E-state index contributed by atoms with van der Waals surface area (Å²) in [4.78, 5) is 4.41. The van der Waals surface area contributed by atoms with Crippen LogP contribution in [0.25, 0.3) is 0 Å². The third kappa shape index (κ3) is 2.58. The van der Waals surface area contributed by atoms with Crippen LogP contribution in [-0.4, -0.2) is 27.9 Å². The Labute approximate surface area is 110 Å². The second-order valence-electron chi connectivity index (χ2n) is 6.08. The van der Waals surface area contributed by atoms with Crippen LogP contribution in [0.4, 0.5) is 0 Å². The van der Waals surface area contributed by atoms with Gasteiger partial charge in [0.25, 0.3) is 0 Å². The van der Waals surface area contributed by atoms with Crippen LogP contribution in [0, 0.1) is 11.3 Å². The van der Waals surface area contributed by atoms with Crippen molar-refractivity contribution in [1.82, 2.24) is 20.1 Å². The van der Waals surface area contributed by atoms with Gasteiger partial charge in [-0.05, 0) is 38.1 Å². The van der Waals surface area contributed by atoms with Gasteiger partial charge in [0.1, 0.15) is 12.2 Å². The van der Waals surface area contributed by atoms with Gasteiger partial charge in [-0.15, -0.1) is 0 Å². The molecule has 1 aromatic heterocycles. The average Bonchev–Trinajstić information content (AvgIpc) is 2.91. The molecule has 1 heterocycles. The largest absolute Gasteiger partial charge is 0.316 e. The van der Waals surface area contributed by atoms with E-state index in [0.29, 0.717) is 11.5 Å². The van der Waals surface area contributed by atoms with Crippen LogP contribution in [0.15, 0.2) is 6.33 Å². The summed E-state index contributed by atoms with van der Waals surface area (Å²) in [6, 6.07) is 0.511. The van der Waals surface area contributed by atoms with Gasteiger partial charge < -0.3 is 5.32 Å². The average molecular weight is 250 g/mol. The molecule has 1 fully saturated rings. The standard InChI is InChI=1S/C14H26N4/c1-5-18-13(16-10-17-18)9-12(15-4)11-7-6-8-14(11,2)3/h10-12,15H,5-9H2,1-4H3. The van der Waals surface area contributed by atoms with E-state index in [1.54, 1.807) is 6.33 Å². The minimum absolute atomic E-state index is 0.449. The molecule has 18 heavy (non-hydrogen) atoms. The molecule has 4 heteroatoms. The molecule has 0 aliphatic heterocycles. The Bertz CT molecular complexity index is 383.